The van der Waals surface area contributed by atoms with Crippen molar-refractivity contribution >= 4 is 28.8 Å². The number of hydrogen-bond acceptors (Lipinski definition) is 5. The maximum Gasteiger partial charge on any atom is 0.280 e. The Morgan fingerprint density at radius 2 is 2.12 bits per heavy atom. The Bertz CT molecular complexity index is 822. The van der Waals surface area contributed by atoms with Crippen LogP contribution in [0.25, 0.3) is 10.4 Å². The van der Waals surface area contributed by atoms with Crippen molar-refractivity contribution in [2.75, 3.05) is 25.0 Å². The number of benzene rings is 1. The Balaban J connectivity index is 1.48. The standard InChI is InChI=1S/C19H22N4O2S/c1-12(24)21-16-5-3-2-4-15(16)17-9-20-19(26-17)18(25)22-14-8-13-6-7-23(10-13)11-14/h2-5,9,13-14H,6-8,10-11H2,1H3,(H,21,24)(H,22,25)/t13-,14+/m0/s1. The van der Waals surface area contributed by atoms with E-state index in [4.69, 9.17) is 0 Å². The van der Waals surface area contributed by atoms with Gasteiger partial charge in [0.15, 0.2) is 5.01 Å². The van der Waals surface area contributed by atoms with E-state index < -0.39 is 0 Å². The number of nitrogens with one attached hydrogen (secondary N) is 2. The number of thiazole rings is 1. The van der Waals surface area contributed by atoms with Crippen molar-refractivity contribution < 1.29 is 9.59 Å². The lowest BCUT2D eigenvalue weighted by Crippen LogP contribution is -2.46. The monoisotopic (exact) mass is 370 g/mol. The zero-order valence-corrected chi connectivity index (χ0v) is 15.5. The van der Waals surface area contributed by atoms with Gasteiger partial charge in [0.1, 0.15) is 0 Å². The van der Waals surface area contributed by atoms with Crippen LogP contribution in [0.1, 0.15) is 29.6 Å². The van der Waals surface area contributed by atoms with E-state index in [0.717, 1.165) is 35.6 Å². The van der Waals surface area contributed by atoms with E-state index in [0.29, 0.717) is 10.9 Å². The average molecular weight is 370 g/mol. The number of piperidine rings is 1. The molecule has 6 nitrogen and oxygen atoms in total. The summed E-state index contributed by atoms with van der Waals surface area (Å²) >= 11 is 1.35. The fourth-order valence-corrected chi connectivity index (χ4v) is 4.77. The molecule has 2 fully saturated rings. The van der Waals surface area contributed by atoms with Crippen LogP contribution in [0.2, 0.25) is 0 Å². The first-order valence-electron chi connectivity index (χ1n) is 8.94. The zero-order chi connectivity index (χ0) is 18.1. The fraction of sp³-hybridized carbons (Fsp3) is 0.421. The Labute approximate surface area is 156 Å². The number of aromatic nitrogens is 1. The molecule has 4 rings (SSSR count). The predicted octanol–water partition coefficient (Wildman–Crippen LogP) is 2.59. The molecule has 7 heteroatoms. The minimum atomic E-state index is -0.123. The van der Waals surface area contributed by atoms with Gasteiger partial charge < -0.3 is 15.5 Å². The van der Waals surface area contributed by atoms with Crippen LogP contribution < -0.4 is 10.6 Å². The zero-order valence-electron chi connectivity index (χ0n) is 14.7. The number of fused-ring (bicyclic) bond motifs is 2. The van der Waals surface area contributed by atoms with Crippen molar-refractivity contribution in [3.05, 3.63) is 35.5 Å². The molecule has 1 unspecified atom stereocenters. The molecule has 2 saturated heterocycles. The van der Waals surface area contributed by atoms with E-state index >= 15 is 0 Å². The molecule has 136 valence electrons. The van der Waals surface area contributed by atoms with Crippen LogP contribution in [0.3, 0.4) is 0 Å². The molecule has 26 heavy (non-hydrogen) atoms. The third-order valence-electron chi connectivity index (χ3n) is 5.00. The molecule has 2 aliphatic heterocycles. The molecule has 2 bridgehead atoms. The SMILES string of the molecule is CC(=O)Nc1ccccc1-c1cnc(C(=O)N[C@@H]2C[C@@H]3CCN(C3)C2)s1. The van der Waals surface area contributed by atoms with Crippen molar-refractivity contribution in [3.8, 4) is 10.4 Å². The number of carbonyl (C=O) groups excluding carboxylic acids is 2. The van der Waals surface area contributed by atoms with Crippen molar-refractivity contribution in [2.24, 2.45) is 5.92 Å². The van der Waals surface area contributed by atoms with Crippen LogP contribution in [-0.2, 0) is 4.79 Å². The summed E-state index contributed by atoms with van der Waals surface area (Å²) in [5.74, 6) is 0.484. The molecule has 2 aliphatic rings. The quantitative estimate of drug-likeness (QED) is 0.868. The number of hydrogen-bond donors (Lipinski definition) is 2. The van der Waals surface area contributed by atoms with E-state index in [1.54, 1.807) is 6.20 Å². The fourth-order valence-electron chi connectivity index (χ4n) is 3.91. The summed E-state index contributed by atoms with van der Waals surface area (Å²) in [4.78, 5) is 31.6. The second kappa shape index (κ2) is 7.17. The number of anilines is 1. The van der Waals surface area contributed by atoms with Gasteiger partial charge in [-0.05, 0) is 31.4 Å². The molecule has 0 radical (unpaired) electrons. The topological polar surface area (TPSA) is 74.3 Å². The molecule has 0 saturated carbocycles. The number of rotatable bonds is 4. The van der Waals surface area contributed by atoms with Crippen LogP contribution in [0.4, 0.5) is 5.69 Å². The van der Waals surface area contributed by atoms with Gasteiger partial charge in [-0.15, -0.1) is 11.3 Å². The summed E-state index contributed by atoms with van der Waals surface area (Å²) in [5.41, 5.74) is 1.60. The lowest BCUT2D eigenvalue weighted by molar-refractivity contribution is -0.114. The second-order valence-corrected chi connectivity index (χ2v) is 8.11. The number of nitrogens with zero attached hydrogens (tertiary/aromatic N) is 2. The van der Waals surface area contributed by atoms with Crippen molar-refractivity contribution in [1.82, 2.24) is 15.2 Å². The largest absolute Gasteiger partial charge is 0.346 e. The van der Waals surface area contributed by atoms with Gasteiger partial charge >= 0.3 is 0 Å². The highest BCUT2D eigenvalue weighted by molar-refractivity contribution is 7.17. The molecule has 2 aromatic rings. The highest BCUT2D eigenvalue weighted by Crippen LogP contribution is 2.32. The van der Waals surface area contributed by atoms with Gasteiger partial charge in [-0.25, -0.2) is 4.98 Å². The van der Waals surface area contributed by atoms with E-state index in [9.17, 15) is 9.59 Å². The number of amides is 2. The van der Waals surface area contributed by atoms with Gasteiger partial charge in [0.2, 0.25) is 5.91 Å². The summed E-state index contributed by atoms with van der Waals surface area (Å²) in [5, 5.41) is 6.44. The molecule has 1 aromatic carbocycles. The smallest absolute Gasteiger partial charge is 0.280 e. The van der Waals surface area contributed by atoms with Crippen molar-refractivity contribution in [2.45, 2.75) is 25.8 Å². The minimum absolute atomic E-state index is 0.106. The maximum absolute atomic E-state index is 12.6. The van der Waals surface area contributed by atoms with Crippen LogP contribution in [0, 0.1) is 5.92 Å². The summed E-state index contributed by atoms with van der Waals surface area (Å²) in [6.45, 7) is 4.74. The van der Waals surface area contributed by atoms with Gasteiger partial charge in [-0.2, -0.15) is 0 Å². The average Bonchev–Trinajstić information content (AvgIpc) is 3.22. The normalized spacial score (nSPS) is 24.3. The molecule has 0 aliphatic carbocycles. The number of carbonyl (C=O) groups is 2. The Kier molecular flexibility index (Phi) is 4.74. The van der Waals surface area contributed by atoms with Gasteiger partial charge in [0.25, 0.3) is 5.91 Å². The Morgan fingerprint density at radius 3 is 2.92 bits per heavy atom. The molecule has 0 spiro atoms. The minimum Gasteiger partial charge on any atom is -0.346 e. The second-order valence-electron chi connectivity index (χ2n) is 7.08. The first-order chi connectivity index (χ1) is 12.6. The van der Waals surface area contributed by atoms with Crippen LogP contribution in [0.15, 0.2) is 30.5 Å². The summed E-state index contributed by atoms with van der Waals surface area (Å²) in [6.07, 6.45) is 4.01. The van der Waals surface area contributed by atoms with Gasteiger partial charge in [-0.3, -0.25) is 9.59 Å². The number of para-hydroxylation sites is 1. The molecule has 3 heterocycles. The van der Waals surface area contributed by atoms with E-state index in [-0.39, 0.29) is 17.9 Å². The molecule has 2 N–H and O–H groups in total. The predicted molar refractivity (Wildman–Crippen MR) is 102 cm³/mol. The highest BCUT2D eigenvalue weighted by Gasteiger charge is 2.33. The van der Waals surface area contributed by atoms with Gasteiger partial charge in [-0.1, -0.05) is 18.2 Å². The summed E-state index contributed by atoms with van der Waals surface area (Å²) in [7, 11) is 0. The van der Waals surface area contributed by atoms with E-state index in [1.165, 1.54) is 31.2 Å². The van der Waals surface area contributed by atoms with Gasteiger partial charge in [0.05, 0.1) is 4.88 Å². The summed E-state index contributed by atoms with van der Waals surface area (Å²) in [6, 6.07) is 7.76. The van der Waals surface area contributed by atoms with Gasteiger partial charge in [0, 0.05) is 43.5 Å². The Morgan fingerprint density at radius 1 is 1.27 bits per heavy atom. The molecule has 1 aromatic heterocycles. The van der Waals surface area contributed by atoms with Crippen LogP contribution >= 0.6 is 11.3 Å². The van der Waals surface area contributed by atoms with Crippen molar-refractivity contribution in [1.29, 1.82) is 0 Å². The lowest BCUT2D eigenvalue weighted by Gasteiger charge is -2.30. The third-order valence-corrected chi connectivity index (χ3v) is 6.03. The van der Waals surface area contributed by atoms with Crippen LogP contribution in [0.5, 0.6) is 0 Å². The van der Waals surface area contributed by atoms with E-state index in [1.807, 2.05) is 24.3 Å². The third kappa shape index (κ3) is 3.64. The molecular weight excluding hydrogens is 348 g/mol. The first-order valence-corrected chi connectivity index (χ1v) is 9.76. The molecule has 2 amide bonds. The highest BCUT2D eigenvalue weighted by atomic mass is 32.1. The Hall–Kier alpha value is -2.25. The molecule has 3 atom stereocenters. The van der Waals surface area contributed by atoms with E-state index in [2.05, 4.69) is 20.5 Å². The lowest BCUT2D eigenvalue weighted by atomic mass is 9.97. The van der Waals surface area contributed by atoms with Crippen LogP contribution in [-0.4, -0.2) is 47.4 Å². The van der Waals surface area contributed by atoms with Crippen molar-refractivity contribution in [3.63, 3.8) is 0 Å². The first kappa shape index (κ1) is 17.2. The maximum atomic E-state index is 12.6. The summed E-state index contributed by atoms with van der Waals surface area (Å²) < 4.78 is 0. The molecular formula is C19H22N4O2S.